The highest BCUT2D eigenvalue weighted by molar-refractivity contribution is 5.95. The van der Waals surface area contributed by atoms with Crippen LogP contribution in [0.1, 0.15) is 16.1 Å². The molecule has 2 rings (SSSR count). The lowest BCUT2D eigenvalue weighted by atomic mass is 10.1. The number of methoxy groups -OCH3 is 1. The van der Waals surface area contributed by atoms with Crippen molar-refractivity contribution in [2.24, 2.45) is 0 Å². The molecule has 0 N–H and O–H groups in total. The van der Waals surface area contributed by atoms with Crippen LogP contribution in [0.25, 0.3) is 11.4 Å². The number of carbonyl (C=O) groups is 1. The van der Waals surface area contributed by atoms with E-state index in [1.807, 2.05) is 6.92 Å². The van der Waals surface area contributed by atoms with Gasteiger partial charge in [-0.1, -0.05) is 0 Å². The van der Waals surface area contributed by atoms with Crippen LogP contribution >= 0.6 is 0 Å². The van der Waals surface area contributed by atoms with Gasteiger partial charge >= 0.3 is 5.97 Å². The Balaban J connectivity index is 2.59. The number of hydrogen-bond acceptors (Lipinski definition) is 5. The average Bonchev–Trinajstić information content (AvgIpc) is 2.39. The first-order chi connectivity index (χ1) is 8.22. The number of carbonyl (C=O) groups excluding carboxylic acids is 1. The molecule has 0 saturated heterocycles. The van der Waals surface area contributed by atoms with Crippen molar-refractivity contribution in [1.29, 1.82) is 0 Å². The Morgan fingerprint density at radius 1 is 1.29 bits per heavy atom. The molecule has 0 aliphatic heterocycles. The van der Waals surface area contributed by atoms with Crippen LogP contribution < -0.4 is 0 Å². The zero-order valence-electron chi connectivity index (χ0n) is 9.54. The SMILES string of the molecule is COC(=O)c1ccc(C)nc1-c1ccncn1. The summed E-state index contributed by atoms with van der Waals surface area (Å²) in [6, 6.07) is 5.15. The summed E-state index contributed by atoms with van der Waals surface area (Å²) in [7, 11) is 1.34. The molecule has 5 nitrogen and oxygen atoms in total. The molecular formula is C12H11N3O2. The van der Waals surface area contributed by atoms with Crippen molar-refractivity contribution < 1.29 is 9.53 Å². The van der Waals surface area contributed by atoms with Gasteiger partial charge in [0.15, 0.2) is 0 Å². The van der Waals surface area contributed by atoms with Gasteiger partial charge in [-0.2, -0.15) is 0 Å². The van der Waals surface area contributed by atoms with Crippen LogP contribution in [0.15, 0.2) is 30.7 Å². The molecule has 0 aliphatic rings. The first-order valence-corrected chi connectivity index (χ1v) is 5.04. The number of ether oxygens (including phenoxy) is 1. The van der Waals surface area contributed by atoms with Gasteiger partial charge in [0, 0.05) is 11.9 Å². The van der Waals surface area contributed by atoms with Crippen LogP contribution in [-0.2, 0) is 4.74 Å². The number of hydrogen-bond donors (Lipinski definition) is 0. The Kier molecular flexibility index (Phi) is 3.09. The topological polar surface area (TPSA) is 65.0 Å². The van der Waals surface area contributed by atoms with Crippen molar-refractivity contribution in [3.63, 3.8) is 0 Å². The third-order valence-electron chi connectivity index (χ3n) is 2.26. The van der Waals surface area contributed by atoms with Crippen LogP contribution in [0.3, 0.4) is 0 Å². The Morgan fingerprint density at radius 3 is 2.76 bits per heavy atom. The Bertz CT molecular complexity index is 541. The normalized spacial score (nSPS) is 10.0. The van der Waals surface area contributed by atoms with Crippen LogP contribution in [0.4, 0.5) is 0 Å². The van der Waals surface area contributed by atoms with Gasteiger partial charge in [0.05, 0.1) is 18.4 Å². The largest absolute Gasteiger partial charge is 0.465 e. The third-order valence-corrected chi connectivity index (χ3v) is 2.26. The van der Waals surface area contributed by atoms with E-state index in [0.29, 0.717) is 17.0 Å². The second kappa shape index (κ2) is 4.69. The maximum absolute atomic E-state index is 11.6. The van der Waals surface area contributed by atoms with Crippen LogP contribution in [0.5, 0.6) is 0 Å². The maximum Gasteiger partial charge on any atom is 0.340 e. The summed E-state index contributed by atoms with van der Waals surface area (Å²) in [6.45, 7) is 1.85. The predicted octanol–water partition coefficient (Wildman–Crippen LogP) is 1.63. The number of aryl methyl sites for hydroxylation is 1. The fourth-order valence-corrected chi connectivity index (χ4v) is 1.46. The monoisotopic (exact) mass is 229 g/mol. The lowest BCUT2D eigenvalue weighted by Crippen LogP contribution is -2.06. The summed E-state index contributed by atoms with van der Waals surface area (Å²) in [5.74, 6) is -0.425. The highest BCUT2D eigenvalue weighted by Crippen LogP contribution is 2.20. The molecule has 0 unspecified atom stereocenters. The van der Waals surface area contributed by atoms with Crippen molar-refractivity contribution in [1.82, 2.24) is 15.0 Å². The molecule has 5 heteroatoms. The molecule has 86 valence electrons. The molecule has 0 spiro atoms. The summed E-state index contributed by atoms with van der Waals surface area (Å²) in [4.78, 5) is 23.9. The minimum absolute atomic E-state index is 0.400. The highest BCUT2D eigenvalue weighted by atomic mass is 16.5. The van der Waals surface area contributed by atoms with Crippen LogP contribution in [0.2, 0.25) is 0 Å². The van der Waals surface area contributed by atoms with E-state index in [9.17, 15) is 4.79 Å². The van der Waals surface area contributed by atoms with Crippen molar-refractivity contribution in [3.8, 4) is 11.4 Å². The van der Waals surface area contributed by atoms with E-state index in [2.05, 4.69) is 15.0 Å². The number of esters is 1. The van der Waals surface area contributed by atoms with Gasteiger partial charge in [-0.15, -0.1) is 0 Å². The predicted molar refractivity (Wildman–Crippen MR) is 61.3 cm³/mol. The molecule has 2 heterocycles. The number of aromatic nitrogens is 3. The molecule has 0 radical (unpaired) electrons. The summed E-state index contributed by atoms with van der Waals surface area (Å²) >= 11 is 0. The quantitative estimate of drug-likeness (QED) is 0.732. The van der Waals surface area contributed by atoms with Gasteiger partial charge in [-0.25, -0.2) is 14.8 Å². The van der Waals surface area contributed by atoms with Crippen molar-refractivity contribution in [2.75, 3.05) is 7.11 Å². The highest BCUT2D eigenvalue weighted by Gasteiger charge is 2.15. The van der Waals surface area contributed by atoms with Crippen LogP contribution in [-0.4, -0.2) is 28.0 Å². The molecule has 17 heavy (non-hydrogen) atoms. The Morgan fingerprint density at radius 2 is 2.12 bits per heavy atom. The van der Waals surface area contributed by atoms with Crippen molar-refractivity contribution in [3.05, 3.63) is 42.0 Å². The summed E-state index contributed by atoms with van der Waals surface area (Å²) in [5.41, 5.74) is 2.33. The van der Waals surface area contributed by atoms with E-state index < -0.39 is 5.97 Å². The van der Waals surface area contributed by atoms with E-state index >= 15 is 0 Å². The maximum atomic E-state index is 11.6. The van der Waals surface area contributed by atoms with E-state index in [1.54, 1.807) is 24.4 Å². The van der Waals surface area contributed by atoms with Gasteiger partial charge in [0.25, 0.3) is 0 Å². The fraction of sp³-hybridized carbons (Fsp3) is 0.167. The van der Waals surface area contributed by atoms with E-state index in [4.69, 9.17) is 4.74 Å². The number of rotatable bonds is 2. The number of pyridine rings is 1. The molecule has 2 aromatic rings. The van der Waals surface area contributed by atoms with E-state index in [0.717, 1.165) is 5.69 Å². The van der Waals surface area contributed by atoms with Crippen molar-refractivity contribution in [2.45, 2.75) is 6.92 Å². The van der Waals surface area contributed by atoms with Crippen LogP contribution in [0, 0.1) is 6.92 Å². The average molecular weight is 229 g/mol. The van der Waals surface area contributed by atoms with Gasteiger partial charge in [0.1, 0.15) is 12.0 Å². The standard InChI is InChI=1S/C12H11N3O2/c1-8-3-4-9(12(16)17-2)11(15-8)10-5-6-13-7-14-10/h3-7H,1-2H3. The van der Waals surface area contributed by atoms with Gasteiger partial charge in [-0.05, 0) is 25.1 Å². The third kappa shape index (κ3) is 2.28. The second-order valence-corrected chi connectivity index (χ2v) is 3.44. The summed E-state index contributed by atoms with van der Waals surface area (Å²) in [6.07, 6.45) is 3.02. The molecule has 0 atom stereocenters. The second-order valence-electron chi connectivity index (χ2n) is 3.44. The fourth-order valence-electron chi connectivity index (χ4n) is 1.46. The Hall–Kier alpha value is -2.30. The molecule has 0 saturated carbocycles. The van der Waals surface area contributed by atoms with Gasteiger partial charge < -0.3 is 4.74 Å². The lowest BCUT2D eigenvalue weighted by Gasteiger charge is -2.06. The molecular weight excluding hydrogens is 218 g/mol. The van der Waals surface area contributed by atoms with Gasteiger partial charge in [0.2, 0.25) is 0 Å². The number of nitrogens with zero attached hydrogens (tertiary/aromatic N) is 3. The zero-order chi connectivity index (χ0) is 12.3. The molecule has 0 fully saturated rings. The van der Waals surface area contributed by atoms with E-state index in [-0.39, 0.29) is 0 Å². The molecule has 2 aromatic heterocycles. The summed E-state index contributed by atoms with van der Waals surface area (Å²) in [5, 5.41) is 0. The zero-order valence-corrected chi connectivity index (χ0v) is 9.54. The smallest absolute Gasteiger partial charge is 0.340 e. The molecule has 0 bridgehead atoms. The first kappa shape index (κ1) is 11.2. The van der Waals surface area contributed by atoms with Crippen molar-refractivity contribution >= 4 is 5.97 Å². The minimum Gasteiger partial charge on any atom is -0.465 e. The van der Waals surface area contributed by atoms with E-state index in [1.165, 1.54) is 13.4 Å². The first-order valence-electron chi connectivity index (χ1n) is 5.04. The molecule has 0 aromatic carbocycles. The molecule has 0 amide bonds. The Labute approximate surface area is 98.5 Å². The van der Waals surface area contributed by atoms with Gasteiger partial charge in [-0.3, -0.25) is 4.98 Å². The lowest BCUT2D eigenvalue weighted by molar-refractivity contribution is 0.0601. The molecule has 0 aliphatic carbocycles. The minimum atomic E-state index is -0.425. The summed E-state index contributed by atoms with van der Waals surface area (Å²) < 4.78 is 4.72.